The molecule has 0 aromatic heterocycles. The van der Waals surface area contributed by atoms with Crippen molar-refractivity contribution in [1.29, 1.82) is 0 Å². The molecule has 244 valence electrons. The summed E-state index contributed by atoms with van der Waals surface area (Å²) in [7, 11) is 3.73. The second-order valence-electron chi connectivity index (χ2n) is 9.06. The average molecular weight is 770 g/mol. The lowest BCUT2D eigenvalue weighted by Crippen LogP contribution is -2.50. The van der Waals surface area contributed by atoms with E-state index in [9.17, 15) is 53.5 Å². The van der Waals surface area contributed by atoms with Gasteiger partial charge in [0.2, 0.25) is 0 Å². The van der Waals surface area contributed by atoms with Gasteiger partial charge in [-0.15, -0.1) is 0 Å². The maximum Gasteiger partial charge on any atom is 0.435 e. The van der Waals surface area contributed by atoms with Gasteiger partial charge in [0.05, 0.1) is 36.7 Å². The molecule has 45 heavy (non-hydrogen) atoms. The second kappa shape index (κ2) is 12.5. The topological polar surface area (TPSA) is 67.9 Å². The molecule has 0 saturated carbocycles. The number of carbonyl (C=O) groups excluding carboxylic acids is 2. The van der Waals surface area contributed by atoms with Crippen LogP contribution in [0.5, 0.6) is 11.5 Å². The predicted octanol–water partition coefficient (Wildman–Crippen LogP) is 8.28. The first-order chi connectivity index (χ1) is 20.6. The molecule has 6 nitrogen and oxygen atoms in total. The largest absolute Gasteiger partial charge is 0.493 e. The highest BCUT2D eigenvalue weighted by Gasteiger charge is 2.73. The van der Waals surface area contributed by atoms with Crippen molar-refractivity contribution in [3.05, 3.63) is 80.2 Å². The fraction of sp³-hybridized carbons (Fsp3) is 0.259. The summed E-state index contributed by atoms with van der Waals surface area (Å²) < 4.78 is 160. The minimum absolute atomic E-state index is 0.0319. The Hall–Kier alpha value is -3.84. The van der Waals surface area contributed by atoms with Gasteiger partial charge in [0.25, 0.3) is 11.8 Å². The van der Waals surface area contributed by atoms with Crippen molar-refractivity contribution in [2.75, 3.05) is 31.5 Å². The van der Waals surface area contributed by atoms with Gasteiger partial charge in [0.15, 0.2) is 17.3 Å². The molecular weight excluding hydrogens is 752 g/mol. The van der Waals surface area contributed by atoms with Crippen LogP contribution >= 0.6 is 22.6 Å². The maximum atomic E-state index is 15.5. The molecule has 3 aromatic rings. The van der Waals surface area contributed by atoms with Crippen LogP contribution in [0.25, 0.3) is 0 Å². The van der Waals surface area contributed by atoms with Crippen LogP contribution in [-0.2, 0) is 11.8 Å². The first-order valence-electron chi connectivity index (χ1n) is 11.9. The van der Waals surface area contributed by atoms with E-state index < -0.39 is 79.5 Å². The predicted molar refractivity (Wildman–Crippen MR) is 146 cm³/mol. The number of hydrogen-bond donors (Lipinski definition) is 1. The van der Waals surface area contributed by atoms with Crippen LogP contribution in [0.15, 0.2) is 48.5 Å². The first kappa shape index (κ1) is 35.6. The molecule has 0 spiro atoms. The van der Waals surface area contributed by atoms with Crippen LogP contribution in [0, 0.1) is 9.39 Å². The molecule has 0 aliphatic heterocycles. The number of nitrogens with zero attached hydrogens (tertiary/aromatic N) is 1. The number of anilines is 2. The van der Waals surface area contributed by atoms with Gasteiger partial charge in [0, 0.05) is 21.7 Å². The molecule has 0 heterocycles. The fourth-order valence-corrected chi connectivity index (χ4v) is 4.81. The van der Waals surface area contributed by atoms with Gasteiger partial charge in [0.1, 0.15) is 0 Å². The van der Waals surface area contributed by atoms with Gasteiger partial charge < -0.3 is 19.7 Å². The van der Waals surface area contributed by atoms with Crippen LogP contribution in [0.4, 0.5) is 59.7 Å². The number of carbonyl (C=O) groups is 2. The van der Waals surface area contributed by atoms with Gasteiger partial charge in [-0.1, -0.05) is 6.07 Å². The number of amides is 2. The van der Waals surface area contributed by atoms with Crippen molar-refractivity contribution >= 4 is 45.8 Å². The average Bonchev–Trinajstić information content (AvgIpc) is 2.94. The number of methoxy groups -OCH3 is 2. The first-order valence-corrected chi connectivity index (χ1v) is 13.0. The molecule has 1 N–H and O–H groups in total. The lowest BCUT2D eigenvalue weighted by atomic mass is 9.92. The molecule has 18 heteroatoms. The van der Waals surface area contributed by atoms with Crippen molar-refractivity contribution in [3.8, 4) is 11.5 Å². The fourth-order valence-electron chi connectivity index (χ4n) is 4.05. The van der Waals surface area contributed by atoms with Crippen molar-refractivity contribution in [2.24, 2.45) is 0 Å². The molecule has 3 rings (SSSR count). The normalized spacial score (nSPS) is 12.5. The third kappa shape index (κ3) is 6.74. The van der Waals surface area contributed by atoms with E-state index >= 15 is 4.39 Å². The Morgan fingerprint density at radius 1 is 0.822 bits per heavy atom. The zero-order chi connectivity index (χ0) is 34.3. The molecule has 0 radical (unpaired) electrons. The number of alkyl halides is 10. The standard InChI is InChI=1S/C27H18F11IN2O4/c1-41(23(43)12-7-8-18(44-2)19(9-12)45-3)17-6-4-5-14(20(17)28)22(42)40-21-15(25(30,31)32)10-13(11-16(21)39)24(29,26(33,34)35)27(36,37)38/h4-11H,1-3H3,(H,40,42). The van der Waals surface area contributed by atoms with Gasteiger partial charge >= 0.3 is 24.2 Å². The molecular formula is C27H18F11IN2O4. The molecule has 0 saturated heterocycles. The van der Waals surface area contributed by atoms with Crippen molar-refractivity contribution in [1.82, 2.24) is 0 Å². The molecule has 0 aliphatic rings. The summed E-state index contributed by atoms with van der Waals surface area (Å²) in [5.41, 5.74) is -13.8. The SMILES string of the molecule is COc1ccc(C(=O)N(C)c2cccc(C(=O)Nc3c(I)cc(C(F)(C(F)(F)F)C(F)(F)F)cc3C(F)(F)F)c2F)cc1OC. The Balaban J connectivity index is 2.06. The smallest absolute Gasteiger partial charge is 0.435 e. The van der Waals surface area contributed by atoms with Gasteiger partial charge in [-0.3, -0.25) is 9.59 Å². The minimum atomic E-state index is -6.72. The van der Waals surface area contributed by atoms with E-state index in [1.807, 2.05) is 0 Å². The van der Waals surface area contributed by atoms with E-state index in [2.05, 4.69) is 0 Å². The van der Waals surface area contributed by atoms with E-state index in [1.54, 1.807) is 5.32 Å². The summed E-state index contributed by atoms with van der Waals surface area (Å²) >= 11 is 0.871. The van der Waals surface area contributed by atoms with Crippen LogP contribution in [0.2, 0.25) is 0 Å². The lowest BCUT2D eigenvalue weighted by molar-refractivity contribution is -0.348. The number of hydrogen-bond acceptors (Lipinski definition) is 4. The van der Waals surface area contributed by atoms with E-state index in [4.69, 9.17) is 9.47 Å². The number of rotatable bonds is 7. The Morgan fingerprint density at radius 2 is 1.40 bits per heavy atom. The summed E-state index contributed by atoms with van der Waals surface area (Å²) in [4.78, 5) is 26.7. The Kier molecular flexibility index (Phi) is 9.91. The lowest BCUT2D eigenvalue weighted by Gasteiger charge is -2.31. The third-order valence-corrected chi connectivity index (χ3v) is 7.18. The van der Waals surface area contributed by atoms with Crippen LogP contribution in [0.3, 0.4) is 0 Å². The van der Waals surface area contributed by atoms with Gasteiger partial charge in [-0.05, 0) is 65.1 Å². The summed E-state index contributed by atoms with van der Waals surface area (Å²) in [5.74, 6) is -3.49. The summed E-state index contributed by atoms with van der Waals surface area (Å²) in [6.07, 6.45) is -19.2. The van der Waals surface area contributed by atoms with Crippen molar-refractivity contribution in [3.63, 3.8) is 0 Å². The van der Waals surface area contributed by atoms with E-state index in [0.717, 1.165) is 52.7 Å². The molecule has 0 atom stereocenters. The van der Waals surface area contributed by atoms with Crippen LogP contribution in [-0.4, -0.2) is 45.4 Å². The van der Waals surface area contributed by atoms with Crippen molar-refractivity contribution < 1.29 is 67.4 Å². The van der Waals surface area contributed by atoms with Gasteiger partial charge in [-0.25, -0.2) is 8.78 Å². The third-order valence-electron chi connectivity index (χ3n) is 6.33. The summed E-state index contributed by atoms with van der Waals surface area (Å²) in [6.45, 7) is 0. The number of ether oxygens (including phenoxy) is 2. The monoisotopic (exact) mass is 770 g/mol. The summed E-state index contributed by atoms with van der Waals surface area (Å²) in [6, 6.07) is 5.92. The Morgan fingerprint density at radius 3 is 1.91 bits per heavy atom. The number of nitrogens with one attached hydrogen (secondary N) is 1. The summed E-state index contributed by atoms with van der Waals surface area (Å²) in [5, 5.41) is 1.63. The quantitative estimate of drug-likeness (QED) is 0.194. The molecule has 0 bridgehead atoms. The number of benzene rings is 3. The second-order valence-corrected chi connectivity index (χ2v) is 10.2. The van der Waals surface area contributed by atoms with Gasteiger partial charge in [-0.2, -0.15) is 39.5 Å². The molecule has 3 aromatic carbocycles. The van der Waals surface area contributed by atoms with Crippen LogP contribution < -0.4 is 19.7 Å². The Labute approximate surface area is 260 Å². The van der Waals surface area contributed by atoms with Crippen LogP contribution in [0.1, 0.15) is 31.8 Å². The van der Waals surface area contributed by atoms with E-state index in [1.165, 1.54) is 32.4 Å². The number of halogens is 12. The molecule has 0 aliphatic carbocycles. The zero-order valence-corrected chi connectivity index (χ0v) is 24.9. The highest BCUT2D eigenvalue weighted by Crippen LogP contribution is 2.54. The Bertz CT molecular complexity index is 1610. The minimum Gasteiger partial charge on any atom is -0.493 e. The molecule has 2 amide bonds. The van der Waals surface area contributed by atoms with E-state index in [0.29, 0.717) is 0 Å². The maximum absolute atomic E-state index is 15.5. The highest BCUT2D eigenvalue weighted by molar-refractivity contribution is 14.1. The van der Waals surface area contributed by atoms with Crippen molar-refractivity contribution in [2.45, 2.75) is 24.2 Å². The van der Waals surface area contributed by atoms with E-state index in [-0.39, 0.29) is 23.1 Å². The highest BCUT2D eigenvalue weighted by atomic mass is 127. The molecule has 0 unspecified atom stereocenters. The zero-order valence-electron chi connectivity index (χ0n) is 22.7. The molecule has 0 fully saturated rings.